The molecule has 2 aromatic carbocycles. The van der Waals surface area contributed by atoms with E-state index in [0.717, 1.165) is 28.1 Å². The van der Waals surface area contributed by atoms with Gasteiger partial charge in [0.25, 0.3) is 0 Å². The summed E-state index contributed by atoms with van der Waals surface area (Å²) < 4.78 is 13.1. The largest absolute Gasteiger partial charge is 0.325 e. The van der Waals surface area contributed by atoms with Crippen LogP contribution in [-0.4, -0.2) is 9.97 Å². The van der Waals surface area contributed by atoms with Gasteiger partial charge < -0.3 is 5.73 Å². The van der Waals surface area contributed by atoms with E-state index in [9.17, 15) is 4.39 Å². The van der Waals surface area contributed by atoms with Crippen molar-refractivity contribution in [1.29, 1.82) is 0 Å². The third-order valence-corrected chi connectivity index (χ3v) is 3.40. The lowest BCUT2D eigenvalue weighted by molar-refractivity contribution is 0.628. The van der Waals surface area contributed by atoms with Gasteiger partial charge in [-0.05, 0) is 43.3 Å². The van der Waals surface area contributed by atoms with Gasteiger partial charge in [-0.3, -0.25) is 0 Å². The second-order valence-corrected chi connectivity index (χ2v) is 5.15. The standard InChI is InChI=1S/C18H16FN3/c1-12-3-2-4-14(9-12)18-21-16(11-20)10-17(22-18)13-5-7-15(19)8-6-13/h2-10H,11,20H2,1H3. The second kappa shape index (κ2) is 6.03. The molecule has 0 aliphatic rings. The molecule has 0 saturated heterocycles. The summed E-state index contributed by atoms with van der Waals surface area (Å²) in [5, 5.41) is 0. The van der Waals surface area contributed by atoms with E-state index in [2.05, 4.69) is 9.97 Å². The van der Waals surface area contributed by atoms with Crippen molar-refractivity contribution < 1.29 is 4.39 Å². The smallest absolute Gasteiger partial charge is 0.160 e. The maximum absolute atomic E-state index is 13.1. The molecule has 0 saturated carbocycles. The maximum Gasteiger partial charge on any atom is 0.160 e. The summed E-state index contributed by atoms with van der Waals surface area (Å²) >= 11 is 0. The molecule has 3 aromatic rings. The van der Waals surface area contributed by atoms with Crippen LogP contribution in [0.2, 0.25) is 0 Å². The van der Waals surface area contributed by atoms with Gasteiger partial charge in [-0.15, -0.1) is 0 Å². The normalized spacial score (nSPS) is 10.7. The number of aryl methyl sites for hydroxylation is 1. The topological polar surface area (TPSA) is 51.8 Å². The summed E-state index contributed by atoms with van der Waals surface area (Å²) in [6.45, 7) is 2.35. The summed E-state index contributed by atoms with van der Waals surface area (Å²) in [6, 6.07) is 16.1. The molecule has 0 aliphatic heterocycles. The van der Waals surface area contributed by atoms with E-state index < -0.39 is 0 Å². The van der Waals surface area contributed by atoms with Crippen molar-refractivity contribution in [3.8, 4) is 22.6 Å². The molecule has 1 heterocycles. The minimum atomic E-state index is -0.268. The van der Waals surface area contributed by atoms with Crippen LogP contribution < -0.4 is 5.73 Å². The third kappa shape index (κ3) is 3.02. The Hall–Kier alpha value is -2.59. The van der Waals surface area contributed by atoms with Gasteiger partial charge in [0.2, 0.25) is 0 Å². The summed E-state index contributed by atoms with van der Waals surface area (Å²) in [5.41, 5.74) is 10.2. The van der Waals surface area contributed by atoms with Crippen LogP contribution in [0.25, 0.3) is 22.6 Å². The van der Waals surface area contributed by atoms with Crippen molar-refractivity contribution in [1.82, 2.24) is 9.97 Å². The van der Waals surface area contributed by atoms with Gasteiger partial charge in [0, 0.05) is 17.7 Å². The average molecular weight is 293 g/mol. The lowest BCUT2D eigenvalue weighted by Gasteiger charge is -2.08. The molecule has 0 amide bonds. The fraction of sp³-hybridized carbons (Fsp3) is 0.111. The quantitative estimate of drug-likeness (QED) is 0.800. The predicted octanol–water partition coefficient (Wildman–Crippen LogP) is 3.72. The highest BCUT2D eigenvalue weighted by Crippen LogP contribution is 2.23. The lowest BCUT2D eigenvalue weighted by Crippen LogP contribution is -2.03. The number of rotatable bonds is 3. The Morgan fingerprint density at radius 1 is 0.955 bits per heavy atom. The Morgan fingerprint density at radius 2 is 1.73 bits per heavy atom. The van der Waals surface area contributed by atoms with Crippen LogP contribution in [0.4, 0.5) is 4.39 Å². The van der Waals surface area contributed by atoms with Crippen LogP contribution in [0.15, 0.2) is 54.6 Å². The summed E-state index contributed by atoms with van der Waals surface area (Å²) in [6.07, 6.45) is 0. The second-order valence-electron chi connectivity index (χ2n) is 5.15. The van der Waals surface area contributed by atoms with Gasteiger partial charge in [-0.1, -0.05) is 23.8 Å². The molecule has 0 fully saturated rings. The number of hydrogen-bond donors (Lipinski definition) is 1. The van der Waals surface area contributed by atoms with E-state index in [0.29, 0.717) is 12.4 Å². The monoisotopic (exact) mass is 293 g/mol. The van der Waals surface area contributed by atoms with Gasteiger partial charge in [-0.2, -0.15) is 0 Å². The highest BCUT2D eigenvalue weighted by molar-refractivity contribution is 5.64. The zero-order valence-corrected chi connectivity index (χ0v) is 12.3. The number of aromatic nitrogens is 2. The zero-order chi connectivity index (χ0) is 15.5. The Morgan fingerprint density at radius 3 is 2.41 bits per heavy atom. The van der Waals surface area contributed by atoms with E-state index in [1.165, 1.54) is 12.1 Å². The highest BCUT2D eigenvalue weighted by atomic mass is 19.1. The summed E-state index contributed by atoms with van der Waals surface area (Å²) in [7, 11) is 0. The zero-order valence-electron chi connectivity index (χ0n) is 12.3. The third-order valence-electron chi connectivity index (χ3n) is 3.40. The number of benzene rings is 2. The van der Waals surface area contributed by atoms with Crippen LogP contribution in [0.5, 0.6) is 0 Å². The average Bonchev–Trinajstić information content (AvgIpc) is 2.55. The van der Waals surface area contributed by atoms with Gasteiger partial charge in [0.1, 0.15) is 5.82 Å². The number of halogens is 1. The molecule has 0 radical (unpaired) electrons. The first-order valence-electron chi connectivity index (χ1n) is 7.07. The molecule has 0 atom stereocenters. The predicted molar refractivity (Wildman–Crippen MR) is 85.5 cm³/mol. The Bertz CT molecular complexity index is 798. The van der Waals surface area contributed by atoms with Gasteiger partial charge in [-0.25, -0.2) is 14.4 Å². The van der Waals surface area contributed by atoms with Crippen molar-refractivity contribution in [2.75, 3.05) is 0 Å². The highest BCUT2D eigenvalue weighted by Gasteiger charge is 2.08. The van der Waals surface area contributed by atoms with Crippen molar-refractivity contribution in [2.24, 2.45) is 5.73 Å². The number of nitrogens with zero attached hydrogens (tertiary/aromatic N) is 2. The molecule has 110 valence electrons. The fourth-order valence-corrected chi connectivity index (χ4v) is 2.28. The van der Waals surface area contributed by atoms with E-state index in [-0.39, 0.29) is 5.82 Å². The Balaban J connectivity index is 2.12. The molecule has 22 heavy (non-hydrogen) atoms. The molecule has 3 rings (SSSR count). The minimum absolute atomic E-state index is 0.268. The molecule has 4 heteroatoms. The first-order valence-corrected chi connectivity index (χ1v) is 7.07. The van der Waals surface area contributed by atoms with Crippen LogP contribution in [0, 0.1) is 12.7 Å². The number of hydrogen-bond acceptors (Lipinski definition) is 3. The van der Waals surface area contributed by atoms with Crippen LogP contribution in [0.1, 0.15) is 11.3 Å². The molecule has 1 aromatic heterocycles. The van der Waals surface area contributed by atoms with E-state index in [4.69, 9.17) is 5.73 Å². The Kier molecular flexibility index (Phi) is 3.94. The van der Waals surface area contributed by atoms with E-state index >= 15 is 0 Å². The molecule has 3 nitrogen and oxygen atoms in total. The van der Waals surface area contributed by atoms with Crippen molar-refractivity contribution >= 4 is 0 Å². The molecule has 0 bridgehead atoms. The fourth-order valence-electron chi connectivity index (χ4n) is 2.28. The van der Waals surface area contributed by atoms with Crippen molar-refractivity contribution in [3.05, 3.63) is 71.7 Å². The van der Waals surface area contributed by atoms with Gasteiger partial charge in [0.15, 0.2) is 5.82 Å². The van der Waals surface area contributed by atoms with Crippen LogP contribution in [0.3, 0.4) is 0 Å². The van der Waals surface area contributed by atoms with Gasteiger partial charge in [0.05, 0.1) is 11.4 Å². The van der Waals surface area contributed by atoms with Gasteiger partial charge >= 0.3 is 0 Å². The molecular formula is C18H16FN3. The molecule has 2 N–H and O–H groups in total. The molecule has 0 spiro atoms. The van der Waals surface area contributed by atoms with Crippen LogP contribution >= 0.6 is 0 Å². The maximum atomic E-state index is 13.1. The first kappa shape index (κ1) is 14.4. The first-order chi connectivity index (χ1) is 10.7. The molecule has 0 aliphatic carbocycles. The SMILES string of the molecule is Cc1cccc(-c2nc(CN)cc(-c3ccc(F)cc3)n2)c1. The molecule has 0 unspecified atom stereocenters. The molecular weight excluding hydrogens is 277 g/mol. The summed E-state index contributed by atoms with van der Waals surface area (Å²) in [4.78, 5) is 9.10. The van der Waals surface area contributed by atoms with E-state index in [1.54, 1.807) is 12.1 Å². The van der Waals surface area contributed by atoms with Crippen LogP contribution in [-0.2, 0) is 6.54 Å². The summed E-state index contributed by atoms with van der Waals surface area (Å²) in [5.74, 6) is 0.363. The minimum Gasteiger partial charge on any atom is -0.325 e. The van der Waals surface area contributed by atoms with Crippen molar-refractivity contribution in [3.63, 3.8) is 0 Å². The van der Waals surface area contributed by atoms with E-state index in [1.807, 2.05) is 37.3 Å². The number of nitrogens with two attached hydrogens (primary N) is 1. The van der Waals surface area contributed by atoms with Crippen molar-refractivity contribution in [2.45, 2.75) is 13.5 Å². The Labute approximate surface area is 128 Å². The lowest BCUT2D eigenvalue weighted by atomic mass is 10.1.